The SMILES string of the molecule is CSCCCC(=O)NC(CCC(C)(C)C)C(=O)O. The Morgan fingerprint density at radius 2 is 1.94 bits per heavy atom. The van der Waals surface area contributed by atoms with Gasteiger partial charge in [-0.3, -0.25) is 4.79 Å². The van der Waals surface area contributed by atoms with Crippen molar-refractivity contribution in [1.29, 1.82) is 0 Å². The second-order valence-electron chi connectivity index (χ2n) is 5.65. The van der Waals surface area contributed by atoms with Crippen LogP contribution < -0.4 is 5.32 Å². The summed E-state index contributed by atoms with van der Waals surface area (Å²) in [4.78, 5) is 22.6. The maximum Gasteiger partial charge on any atom is 0.326 e. The van der Waals surface area contributed by atoms with Gasteiger partial charge in [0.2, 0.25) is 5.91 Å². The van der Waals surface area contributed by atoms with E-state index in [0.717, 1.165) is 18.6 Å². The Labute approximate surface area is 114 Å². The topological polar surface area (TPSA) is 66.4 Å². The fraction of sp³-hybridized carbons (Fsp3) is 0.846. The molecule has 0 radical (unpaired) electrons. The van der Waals surface area contributed by atoms with Crippen molar-refractivity contribution in [3.05, 3.63) is 0 Å². The summed E-state index contributed by atoms with van der Waals surface area (Å²) in [5.74, 6) is -0.185. The third-order valence-corrected chi connectivity index (χ3v) is 3.27. The number of carbonyl (C=O) groups is 2. The third-order valence-electron chi connectivity index (χ3n) is 2.57. The first-order valence-corrected chi connectivity index (χ1v) is 7.67. The lowest BCUT2D eigenvalue weighted by Gasteiger charge is -2.21. The van der Waals surface area contributed by atoms with Gasteiger partial charge < -0.3 is 10.4 Å². The molecule has 0 aromatic carbocycles. The molecular weight excluding hydrogens is 250 g/mol. The lowest BCUT2D eigenvalue weighted by molar-refractivity contribution is -0.142. The van der Waals surface area contributed by atoms with Crippen LogP contribution in [0.5, 0.6) is 0 Å². The number of thioether (sulfide) groups is 1. The zero-order valence-electron chi connectivity index (χ0n) is 11.8. The number of carboxylic acids is 1. The summed E-state index contributed by atoms with van der Waals surface area (Å²) in [6.07, 6.45) is 4.43. The molecule has 4 nitrogen and oxygen atoms in total. The van der Waals surface area contributed by atoms with Crippen LogP contribution in [0.1, 0.15) is 46.5 Å². The van der Waals surface area contributed by atoms with Crippen LogP contribution in [0.3, 0.4) is 0 Å². The quantitative estimate of drug-likeness (QED) is 0.668. The molecule has 0 saturated carbocycles. The first-order valence-electron chi connectivity index (χ1n) is 6.27. The standard InChI is InChI=1S/C13H25NO3S/c1-13(2,3)8-7-10(12(16)17)14-11(15)6-5-9-18-4/h10H,5-9H2,1-4H3,(H,14,15)(H,16,17). The van der Waals surface area contributed by atoms with Crippen molar-refractivity contribution >= 4 is 23.6 Å². The molecule has 0 aromatic rings. The monoisotopic (exact) mass is 275 g/mol. The van der Waals surface area contributed by atoms with Gasteiger partial charge in [0.05, 0.1) is 0 Å². The Kier molecular flexibility index (Phi) is 8.07. The van der Waals surface area contributed by atoms with Crippen LogP contribution in [-0.4, -0.2) is 35.0 Å². The normalized spacial score (nSPS) is 13.1. The Morgan fingerprint density at radius 1 is 1.33 bits per heavy atom. The van der Waals surface area contributed by atoms with Crippen molar-refractivity contribution in [1.82, 2.24) is 5.32 Å². The van der Waals surface area contributed by atoms with Gasteiger partial charge in [0.1, 0.15) is 6.04 Å². The minimum Gasteiger partial charge on any atom is -0.480 e. The number of rotatable bonds is 8. The van der Waals surface area contributed by atoms with Crippen LogP contribution in [0.2, 0.25) is 0 Å². The van der Waals surface area contributed by atoms with Gasteiger partial charge >= 0.3 is 5.97 Å². The van der Waals surface area contributed by atoms with Crippen LogP contribution in [-0.2, 0) is 9.59 Å². The van der Waals surface area contributed by atoms with E-state index in [0.29, 0.717) is 12.8 Å². The summed E-state index contributed by atoms with van der Waals surface area (Å²) in [5, 5.41) is 11.7. The van der Waals surface area contributed by atoms with Crippen LogP contribution in [0.25, 0.3) is 0 Å². The highest BCUT2D eigenvalue weighted by Crippen LogP contribution is 2.21. The number of carbonyl (C=O) groups excluding carboxylic acids is 1. The van der Waals surface area contributed by atoms with Gasteiger partial charge in [0.25, 0.3) is 0 Å². The molecule has 0 spiro atoms. The second-order valence-corrected chi connectivity index (χ2v) is 6.64. The molecule has 1 amide bonds. The predicted octanol–water partition coefficient (Wildman–Crippen LogP) is 2.53. The summed E-state index contributed by atoms with van der Waals surface area (Å²) in [5.41, 5.74) is 0.0806. The molecule has 0 rings (SSSR count). The van der Waals surface area contributed by atoms with Crippen molar-refractivity contribution in [3.8, 4) is 0 Å². The highest BCUT2D eigenvalue weighted by atomic mass is 32.2. The first-order chi connectivity index (χ1) is 8.26. The van der Waals surface area contributed by atoms with E-state index in [1.807, 2.05) is 6.26 Å². The van der Waals surface area contributed by atoms with E-state index in [-0.39, 0.29) is 11.3 Å². The van der Waals surface area contributed by atoms with E-state index in [2.05, 4.69) is 26.1 Å². The average molecular weight is 275 g/mol. The Morgan fingerprint density at radius 3 is 2.39 bits per heavy atom. The molecule has 1 unspecified atom stereocenters. The predicted molar refractivity (Wildman–Crippen MR) is 75.9 cm³/mol. The maximum absolute atomic E-state index is 11.6. The van der Waals surface area contributed by atoms with Gasteiger partial charge in [-0.05, 0) is 36.7 Å². The third kappa shape index (κ3) is 9.33. The molecule has 5 heteroatoms. The van der Waals surface area contributed by atoms with E-state index in [4.69, 9.17) is 5.11 Å². The van der Waals surface area contributed by atoms with E-state index in [9.17, 15) is 9.59 Å². The molecule has 0 aliphatic carbocycles. The summed E-state index contributed by atoms with van der Waals surface area (Å²) >= 11 is 1.69. The molecule has 0 fully saturated rings. The van der Waals surface area contributed by atoms with Crippen molar-refractivity contribution in [2.45, 2.75) is 52.5 Å². The van der Waals surface area contributed by atoms with E-state index in [1.54, 1.807) is 11.8 Å². The summed E-state index contributed by atoms with van der Waals surface area (Å²) < 4.78 is 0. The fourth-order valence-corrected chi connectivity index (χ4v) is 1.91. The fourth-order valence-electron chi connectivity index (χ4n) is 1.48. The molecule has 18 heavy (non-hydrogen) atoms. The molecule has 0 bridgehead atoms. The molecule has 0 aliphatic heterocycles. The Hall–Kier alpha value is -0.710. The van der Waals surface area contributed by atoms with Crippen molar-refractivity contribution < 1.29 is 14.7 Å². The molecular formula is C13H25NO3S. The Bertz CT molecular complexity index is 274. The number of amides is 1. The molecule has 0 saturated heterocycles. The second kappa shape index (κ2) is 8.40. The zero-order valence-corrected chi connectivity index (χ0v) is 12.6. The highest BCUT2D eigenvalue weighted by Gasteiger charge is 2.22. The highest BCUT2D eigenvalue weighted by molar-refractivity contribution is 7.98. The smallest absolute Gasteiger partial charge is 0.326 e. The van der Waals surface area contributed by atoms with Crippen molar-refractivity contribution in [2.75, 3.05) is 12.0 Å². The number of nitrogens with one attached hydrogen (secondary N) is 1. The van der Waals surface area contributed by atoms with Crippen LogP contribution in [0.15, 0.2) is 0 Å². The number of hydrogen-bond acceptors (Lipinski definition) is 3. The summed E-state index contributed by atoms with van der Waals surface area (Å²) in [7, 11) is 0. The number of aliphatic carboxylic acids is 1. The maximum atomic E-state index is 11.6. The van der Waals surface area contributed by atoms with E-state index >= 15 is 0 Å². The van der Waals surface area contributed by atoms with Gasteiger partial charge in [0, 0.05) is 6.42 Å². The van der Waals surface area contributed by atoms with Crippen LogP contribution in [0.4, 0.5) is 0 Å². The zero-order chi connectivity index (χ0) is 14.2. The average Bonchev–Trinajstić information content (AvgIpc) is 2.22. The molecule has 0 aromatic heterocycles. The summed E-state index contributed by atoms with van der Waals surface area (Å²) in [6.45, 7) is 6.19. The molecule has 0 heterocycles. The minimum atomic E-state index is -0.947. The van der Waals surface area contributed by atoms with E-state index in [1.165, 1.54) is 0 Å². The van der Waals surface area contributed by atoms with Crippen LogP contribution >= 0.6 is 11.8 Å². The molecule has 106 valence electrons. The first kappa shape index (κ1) is 17.3. The lowest BCUT2D eigenvalue weighted by Crippen LogP contribution is -2.41. The van der Waals surface area contributed by atoms with Gasteiger partial charge in [-0.1, -0.05) is 20.8 Å². The summed E-state index contributed by atoms with van der Waals surface area (Å²) in [6, 6.07) is -0.758. The van der Waals surface area contributed by atoms with Crippen molar-refractivity contribution in [2.24, 2.45) is 5.41 Å². The molecule has 1 atom stereocenters. The van der Waals surface area contributed by atoms with Gasteiger partial charge in [-0.15, -0.1) is 0 Å². The minimum absolute atomic E-state index is 0.0806. The van der Waals surface area contributed by atoms with Gasteiger partial charge in [-0.25, -0.2) is 4.79 Å². The molecule has 2 N–H and O–H groups in total. The largest absolute Gasteiger partial charge is 0.480 e. The van der Waals surface area contributed by atoms with Gasteiger partial charge in [0.15, 0.2) is 0 Å². The van der Waals surface area contributed by atoms with E-state index < -0.39 is 12.0 Å². The molecule has 0 aliphatic rings. The van der Waals surface area contributed by atoms with Gasteiger partial charge in [-0.2, -0.15) is 11.8 Å². The number of hydrogen-bond donors (Lipinski definition) is 2. The Balaban J connectivity index is 4.11. The van der Waals surface area contributed by atoms with Crippen LogP contribution in [0, 0.1) is 5.41 Å². The lowest BCUT2D eigenvalue weighted by atomic mass is 9.88. The van der Waals surface area contributed by atoms with Crippen molar-refractivity contribution in [3.63, 3.8) is 0 Å². The number of carboxylic acid groups (broad SMARTS) is 1.